The van der Waals surface area contributed by atoms with Crippen molar-refractivity contribution < 1.29 is 5.11 Å². The zero-order valence-electron chi connectivity index (χ0n) is 13.2. The molecule has 1 saturated carbocycles. The van der Waals surface area contributed by atoms with Crippen LogP contribution in [0, 0.1) is 17.8 Å². The van der Waals surface area contributed by atoms with Gasteiger partial charge >= 0.3 is 0 Å². The van der Waals surface area contributed by atoms with E-state index in [-0.39, 0.29) is 17.9 Å². The first-order chi connectivity index (χ1) is 10.8. The van der Waals surface area contributed by atoms with Gasteiger partial charge in [-0.15, -0.1) is 0 Å². The van der Waals surface area contributed by atoms with Crippen LogP contribution in [0.2, 0.25) is 0 Å². The SMILES string of the molecule is CC[C@@H]1CN2CC[C@]34C(=Nc5ccccc53)[C@@H](CO)[C@H]1C[C@H]24. The normalized spacial score (nSPS) is 42.0. The second kappa shape index (κ2) is 4.42. The molecule has 1 aromatic carbocycles. The van der Waals surface area contributed by atoms with Gasteiger partial charge < -0.3 is 5.11 Å². The zero-order valence-corrected chi connectivity index (χ0v) is 13.2. The standard InChI is InChI=1S/C19H24N2O/c1-2-12-10-21-8-7-19-15-5-3-4-6-16(15)20-18(19)14(11-22)13(12)9-17(19)21/h3-6,12-14,17,22H,2,7-11H2,1H3/t12-,13+,14+,17+,19+/m1/s1. The van der Waals surface area contributed by atoms with E-state index in [1.165, 1.54) is 49.3 Å². The molecule has 0 aromatic heterocycles. The third kappa shape index (κ3) is 1.38. The summed E-state index contributed by atoms with van der Waals surface area (Å²) in [6.45, 7) is 4.99. The van der Waals surface area contributed by atoms with Crippen molar-refractivity contribution in [2.24, 2.45) is 22.7 Å². The summed E-state index contributed by atoms with van der Waals surface area (Å²) in [6.07, 6.45) is 3.65. The maximum atomic E-state index is 10.2. The Kier molecular flexibility index (Phi) is 2.67. The molecule has 3 nitrogen and oxygen atoms in total. The minimum absolute atomic E-state index is 0.110. The van der Waals surface area contributed by atoms with Crippen LogP contribution in [0.1, 0.15) is 31.7 Å². The van der Waals surface area contributed by atoms with Crippen LogP contribution in [0.3, 0.4) is 0 Å². The van der Waals surface area contributed by atoms with E-state index < -0.39 is 0 Å². The van der Waals surface area contributed by atoms with Gasteiger partial charge in [-0.1, -0.05) is 31.5 Å². The van der Waals surface area contributed by atoms with Gasteiger partial charge in [-0.2, -0.15) is 0 Å². The molecule has 1 spiro atoms. The highest BCUT2D eigenvalue weighted by atomic mass is 16.3. The van der Waals surface area contributed by atoms with Gasteiger partial charge in [-0.25, -0.2) is 0 Å². The summed E-state index contributed by atoms with van der Waals surface area (Å²) in [7, 11) is 0. The van der Waals surface area contributed by atoms with E-state index in [0.29, 0.717) is 12.0 Å². The van der Waals surface area contributed by atoms with Gasteiger partial charge in [0, 0.05) is 24.2 Å². The molecule has 0 amide bonds. The number of benzene rings is 1. The molecule has 22 heavy (non-hydrogen) atoms. The fourth-order valence-electron chi connectivity index (χ4n) is 6.10. The summed E-state index contributed by atoms with van der Waals surface area (Å²) in [5, 5.41) is 10.2. The predicted octanol–water partition coefficient (Wildman–Crippen LogP) is 2.75. The lowest BCUT2D eigenvalue weighted by atomic mass is 9.55. The van der Waals surface area contributed by atoms with Gasteiger partial charge in [0.15, 0.2) is 0 Å². The molecule has 3 aliphatic heterocycles. The average molecular weight is 296 g/mol. The summed E-state index contributed by atoms with van der Waals surface area (Å²) in [6, 6.07) is 9.32. The van der Waals surface area contributed by atoms with Crippen LogP contribution in [0.15, 0.2) is 29.3 Å². The lowest BCUT2D eigenvalue weighted by Gasteiger charge is -2.53. The minimum atomic E-state index is 0.110. The van der Waals surface area contributed by atoms with E-state index in [0.717, 1.165) is 5.92 Å². The Balaban J connectivity index is 1.72. The third-order valence-electron chi connectivity index (χ3n) is 7.04. The molecule has 5 rings (SSSR count). The lowest BCUT2D eigenvalue weighted by Crippen LogP contribution is -2.61. The third-order valence-corrected chi connectivity index (χ3v) is 7.04. The van der Waals surface area contributed by atoms with E-state index >= 15 is 0 Å². The van der Waals surface area contributed by atoms with Crippen LogP contribution in [0.25, 0.3) is 0 Å². The maximum Gasteiger partial charge on any atom is 0.0671 e. The van der Waals surface area contributed by atoms with Crippen LogP contribution < -0.4 is 0 Å². The molecule has 5 atom stereocenters. The Morgan fingerprint density at radius 2 is 2.23 bits per heavy atom. The highest BCUT2D eigenvalue weighted by Crippen LogP contribution is 2.59. The number of rotatable bonds is 2. The van der Waals surface area contributed by atoms with E-state index in [1.807, 2.05) is 0 Å². The number of para-hydroxylation sites is 1. The minimum Gasteiger partial charge on any atom is -0.396 e. The van der Waals surface area contributed by atoms with Crippen molar-refractivity contribution >= 4 is 11.4 Å². The summed E-state index contributed by atoms with van der Waals surface area (Å²) < 4.78 is 0. The first-order valence-corrected chi connectivity index (χ1v) is 8.83. The molecule has 3 heterocycles. The highest BCUT2D eigenvalue weighted by molar-refractivity contribution is 6.05. The number of hydrogen-bond acceptors (Lipinski definition) is 3. The molecule has 3 heteroatoms. The smallest absolute Gasteiger partial charge is 0.0671 e. The molecule has 1 aliphatic carbocycles. The molecule has 116 valence electrons. The van der Waals surface area contributed by atoms with Crippen molar-refractivity contribution in [3.05, 3.63) is 29.8 Å². The number of aliphatic hydroxyl groups is 1. The zero-order chi connectivity index (χ0) is 14.9. The number of aliphatic imine (C=N–C) groups is 1. The second-order valence-corrected chi connectivity index (χ2v) is 7.60. The van der Waals surface area contributed by atoms with Gasteiger partial charge in [0.25, 0.3) is 0 Å². The van der Waals surface area contributed by atoms with Crippen molar-refractivity contribution in [1.29, 1.82) is 0 Å². The van der Waals surface area contributed by atoms with Crippen LogP contribution in [-0.4, -0.2) is 41.5 Å². The van der Waals surface area contributed by atoms with Gasteiger partial charge in [0.1, 0.15) is 0 Å². The summed E-state index contributed by atoms with van der Waals surface area (Å²) in [5.41, 5.74) is 4.03. The average Bonchev–Trinajstić information content (AvgIpc) is 3.11. The Morgan fingerprint density at radius 3 is 3.05 bits per heavy atom. The molecule has 0 unspecified atom stereocenters. The van der Waals surface area contributed by atoms with Crippen LogP contribution in [-0.2, 0) is 5.41 Å². The van der Waals surface area contributed by atoms with Crippen molar-refractivity contribution in [3.63, 3.8) is 0 Å². The number of nitrogens with zero attached hydrogens (tertiary/aromatic N) is 2. The van der Waals surface area contributed by atoms with E-state index in [4.69, 9.17) is 4.99 Å². The number of fused-ring (bicyclic) bond motifs is 2. The number of hydrogen-bond donors (Lipinski definition) is 1. The fourth-order valence-corrected chi connectivity index (χ4v) is 6.10. The highest BCUT2D eigenvalue weighted by Gasteiger charge is 2.63. The van der Waals surface area contributed by atoms with E-state index in [1.54, 1.807) is 0 Å². The Labute approximate surface area is 132 Å². The van der Waals surface area contributed by atoms with Crippen LogP contribution >= 0.6 is 0 Å². The second-order valence-electron chi connectivity index (χ2n) is 7.60. The summed E-state index contributed by atoms with van der Waals surface area (Å²) >= 11 is 0. The lowest BCUT2D eigenvalue weighted by molar-refractivity contribution is 0.0271. The molecular weight excluding hydrogens is 272 g/mol. The molecule has 3 fully saturated rings. The maximum absolute atomic E-state index is 10.2. The quantitative estimate of drug-likeness (QED) is 0.911. The van der Waals surface area contributed by atoms with Gasteiger partial charge in [-0.3, -0.25) is 9.89 Å². The topological polar surface area (TPSA) is 35.8 Å². The molecule has 0 radical (unpaired) electrons. The fraction of sp³-hybridized carbons (Fsp3) is 0.632. The Morgan fingerprint density at radius 1 is 1.36 bits per heavy atom. The van der Waals surface area contributed by atoms with Gasteiger partial charge in [0.2, 0.25) is 0 Å². The Hall–Kier alpha value is -1.19. The van der Waals surface area contributed by atoms with Crippen molar-refractivity contribution in [2.45, 2.75) is 37.6 Å². The Bertz CT molecular complexity index is 655. The van der Waals surface area contributed by atoms with Crippen LogP contribution in [0.5, 0.6) is 0 Å². The van der Waals surface area contributed by atoms with Gasteiger partial charge in [0.05, 0.1) is 17.7 Å². The first kappa shape index (κ1) is 13.3. The molecule has 2 saturated heterocycles. The molecule has 4 aliphatic rings. The van der Waals surface area contributed by atoms with Gasteiger partial charge in [-0.05, 0) is 42.9 Å². The number of piperidine rings is 1. The largest absolute Gasteiger partial charge is 0.396 e. The van der Waals surface area contributed by atoms with Crippen molar-refractivity contribution in [1.82, 2.24) is 4.90 Å². The molecule has 1 aromatic rings. The van der Waals surface area contributed by atoms with E-state index in [9.17, 15) is 5.11 Å². The van der Waals surface area contributed by atoms with Crippen molar-refractivity contribution in [3.8, 4) is 0 Å². The first-order valence-electron chi connectivity index (χ1n) is 8.83. The van der Waals surface area contributed by atoms with Crippen molar-refractivity contribution in [2.75, 3.05) is 19.7 Å². The molecule has 1 N–H and O–H groups in total. The number of aliphatic hydroxyl groups excluding tert-OH is 1. The monoisotopic (exact) mass is 296 g/mol. The summed E-state index contributed by atoms with van der Waals surface area (Å²) in [5.74, 6) is 1.61. The molecular formula is C19H24N2O. The van der Waals surface area contributed by atoms with Crippen LogP contribution in [0.4, 0.5) is 5.69 Å². The predicted molar refractivity (Wildman–Crippen MR) is 87.7 cm³/mol. The summed E-state index contributed by atoms with van der Waals surface area (Å²) in [4.78, 5) is 7.81. The molecule has 2 bridgehead atoms. The van der Waals surface area contributed by atoms with E-state index in [2.05, 4.69) is 36.1 Å².